The van der Waals surface area contributed by atoms with E-state index in [1.165, 1.54) is 11.8 Å². The fraction of sp³-hybridized carbons (Fsp3) is 0.250. The van der Waals surface area contributed by atoms with Gasteiger partial charge < -0.3 is 10.1 Å². The van der Waals surface area contributed by atoms with Crippen molar-refractivity contribution in [3.63, 3.8) is 0 Å². The summed E-state index contributed by atoms with van der Waals surface area (Å²) in [5.74, 6) is 1.80. The number of carbonyl (C=O) groups excluding carboxylic acids is 1. The van der Waals surface area contributed by atoms with E-state index in [0.29, 0.717) is 17.5 Å². The number of nitrogens with one attached hydrogen (secondary N) is 1. The number of aromatic nitrogens is 3. The van der Waals surface area contributed by atoms with Gasteiger partial charge in [-0.15, -0.1) is 10.2 Å². The predicted octanol–water partition coefficient (Wildman–Crippen LogP) is 3.56. The first-order valence-electron chi connectivity index (χ1n) is 8.77. The third kappa shape index (κ3) is 4.68. The van der Waals surface area contributed by atoms with Gasteiger partial charge in [0.05, 0.1) is 12.9 Å². The molecule has 0 unspecified atom stereocenters. The van der Waals surface area contributed by atoms with E-state index in [1.54, 1.807) is 7.11 Å². The van der Waals surface area contributed by atoms with E-state index in [4.69, 9.17) is 4.74 Å². The van der Waals surface area contributed by atoms with Gasteiger partial charge in [-0.25, -0.2) is 0 Å². The van der Waals surface area contributed by atoms with Crippen molar-refractivity contribution in [1.82, 2.24) is 20.1 Å². The lowest BCUT2D eigenvalue weighted by molar-refractivity contribution is -0.118. The topological polar surface area (TPSA) is 69.0 Å². The zero-order valence-corrected chi connectivity index (χ0v) is 16.2. The molecule has 3 rings (SSSR count). The van der Waals surface area contributed by atoms with E-state index in [9.17, 15) is 4.79 Å². The Bertz CT molecular complexity index is 879. The number of carbonyl (C=O) groups is 1. The van der Waals surface area contributed by atoms with E-state index in [-0.39, 0.29) is 5.91 Å². The molecule has 0 radical (unpaired) electrons. The van der Waals surface area contributed by atoms with Gasteiger partial charge >= 0.3 is 0 Å². The normalized spacial score (nSPS) is 10.6. The molecule has 0 atom stereocenters. The molecule has 7 heteroatoms. The first-order valence-corrected chi connectivity index (χ1v) is 9.76. The number of para-hydroxylation sites is 1. The second-order valence-corrected chi connectivity index (χ2v) is 6.79. The van der Waals surface area contributed by atoms with Crippen LogP contribution in [-0.4, -0.2) is 40.1 Å². The highest BCUT2D eigenvalue weighted by atomic mass is 32.2. The second kappa shape index (κ2) is 9.23. The van der Waals surface area contributed by atoms with Crippen LogP contribution in [-0.2, 0) is 4.79 Å². The largest absolute Gasteiger partial charge is 0.497 e. The van der Waals surface area contributed by atoms with Gasteiger partial charge in [-0.2, -0.15) is 0 Å². The Morgan fingerprint density at radius 3 is 2.52 bits per heavy atom. The van der Waals surface area contributed by atoms with Crippen molar-refractivity contribution in [2.24, 2.45) is 0 Å². The SMILES string of the molecule is CCCNC(=O)CSc1nnc(-c2ccc(OC)cc2)n1-c1ccccc1. The molecular weight excluding hydrogens is 360 g/mol. The average molecular weight is 382 g/mol. The van der Waals surface area contributed by atoms with Crippen LogP contribution >= 0.6 is 11.8 Å². The van der Waals surface area contributed by atoms with Crippen molar-refractivity contribution in [1.29, 1.82) is 0 Å². The number of benzene rings is 2. The number of thioether (sulfide) groups is 1. The fourth-order valence-electron chi connectivity index (χ4n) is 2.55. The van der Waals surface area contributed by atoms with Crippen molar-refractivity contribution in [3.8, 4) is 22.8 Å². The average Bonchev–Trinajstić information content (AvgIpc) is 3.15. The first-order chi connectivity index (χ1) is 13.2. The van der Waals surface area contributed by atoms with E-state index in [0.717, 1.165) is 29.2 Å². The lowest BCUT2D eigenvalue weighted by Crippen LogP contribution is -2.25. The van der Waals surface area contributed by atoms with Crippen molar-refractivity contribution in [3.05, 3.63) is 54.6 Å². The fourth-order valence-corrected chi connectivity index (χ4v) is 3.33. The van der Waals surface area contributed by atoms with Gasteiger partial charge in [-0.3, -0.25) is 9.36 Å². The summed E-state index contributed by atoms with van der Waals surface area (Å²) in [6, 6.07) is 17.6. The Balaban J connectivity index is 1.92. The molecule has 6 nitrogen and oxygen atoms in total. The van der Waals surface area contributed by atoms with Crippen LogP contribution in [0.1, 0.15) is 13.3 Å². The molecule has 1 aromatic heterocycles. The zero-order valence-electron chi connectivity index (χ0n) is 15.4. The highest BCUT2D eigenvalue weighted by molar-refractivity contribution is 7.99. The zero-order chi connectivity index (χ0) is 19.1. The maximum atomic E-state index is 12.0. The summed E-state index contributed by atoms with van der Waals surface area (Å²) in [4.78, 5) is 12.0. The Labute approximate surface area is 163 Å². The van der Waals surface area contributed by atoms with E-state index < -0.39 is 0 Å². The van der Waals surface area contributed by atoms with Crippen LogP contribution in [0.5, 0.6) is 5.75 Å². The van der Waals surface area contributed by atoms with Gasteiger partial charge in [-0.1, -0.05) is 36.9 Å². The van der Waals surface area contributed by atoms with Gasteiger partial charge in [-0.05, 0) is 42.8 Å². The Kier molecular flexibility index (Phi) is 6.49. The minimum atomic E-state index is -0.00420. The van der Waals surface area contributed by atoms with Crippen LogP contribution in [0.2, 0.25) is 0 Å². The van der Waals surface area contributed by atoms with Crippen LogP contribution in [0.4, 0.5) is 0 Å². The van der Waals surface area contributed by atoms with Crippen LogP contribution in [0.3, 0.4) is 0 Å². The minimum Gasteiger partial charge on any atom is -0.497 e. The van der Waals surface area contributed by atoms with E-state index in [2.05, 4.69) is 15.5 Å². The lowest BCUT2D eigenvalue weighted by atomic mass is 10.2. The van der Waals surface area contributed by atoms with E-state index >= 15 is 0 Å². The molecule has 1 amide bonds. The molecule has 27 heavy (non-hydrogen) atoms. The van der Waals surface area contributed by atoms with Crippen LogP contribution in [0.15, 0.2) is 59.8 Å². The number of nitrogens with zero attached hydrogens (tertiary/aromatic N) is 3. The molecule has 0 aliphatic heterocycles. The van der Waals surface area contributed by atoms with Crippen molar-refractivity contribution >= 4 is 17.7 Å². The van der Waals surface area contributed by atoms with Gasteiger partial charge in [0.25, 0.3) is 0 Å². The van der Waals surface area contributed by atoms with Gasteiger partial charge in [0.1, 0.15) is 5.75 Å². The van der Waals surface area contributed by atoms with Gasteiger partial charge in [0.15, 0.2) is 11.0 Å². The summed E-state index contributed by atoms with van der Waals surface area (Å²) in [5, 5.41) is 12.3. The molecule has 2 aromatic carbocycles. The maximum Gasteiger partial charge on any atom is 0.230 e. The molecule has 0 spiro atoms. The molecule has 0 bridgehead atoms. The molecule has 140 valence electrons. The quantitative estimate of drug-likeness (QED) is 0.603. The van der Waals surface area contributed by atoms with Crippen molar-refractivity contribution in [2.75, 3.05) is 19.4 Å². The molecule has 0 aliphatic rings. The molecule has 0 aliphatic carbocycles. The summed E-state index contributed by atoms with van der Waals surface area (Å²) in [6.45, 7) is 2.71. The first kappa shape index (κ1) is 19.0. The van der Waals surface area contributed by atoms with Gasteiger partial charge in [0.2, 0.25) is 5.91 Å². The minimum absolute atomic E-state index is 0.00420. The molecular formula is C20H22N4O2S. The Morgan fingerprint density at radius 1 is 1.11 bits per heavy atom. The highest BCUT2D eigenvalue weighted by Gasteiger charge is 2.17. The summed E-state index contributed by atoms with van der Waals surface area (Å²) in [5.41, 5.74) is 1.87. The highest BCUT2D eigenvalue weighted by Crippen LogP contribution is 2.28. The molecule has 1 N–H and O–H groups in total. The van der Waals surface area contributed by atoms with E-state index in [1.807, 2.05) is 66.1 Å². The molecule has 0 fully saturated rings. The van der Waals surface area contributed by atoms with Crippen LogP contribution in [0.25, 0.3) is 17.1 Å². The number of amides is 1. The predicted molar refractivity (Wildman–Crippen MR) is 107 cm³/mol. The molecule has 0 saturated heterocycles. The number of hydrogen-bond acceptors (Lipinski definition) is 5. The summed E-state index contributed by atoms with van der Waals surface area (Å²) >= 11 is 1.38. The molecule has 0 saturated carbocycles. The molecule has 1 heterocycles. The Hall–Kier alpha value is -2.80. The standard InChI is InChI=1S/C20H22N4O2S/c1-3-13-21-18(25)14-27-20-23-22-19(15-9-11-17(26-2)12-10-15)24(20)16-7-5-4-6-8-16/h4-12H,3,13-14H2,1-2H3,(H,21,25). The smallest absolute Gasteiger partial charge is 0.230 e. The second-order valence-electron chi connectivity index (χ2n) is 5.84. The van der Waals surface area contributed by atoms with Crippen molar-refractivity contribution < 1.29 is 9.53 Å². The van der Waals surface area contributed by atoms with Gasteiger partial charge in [0, 0.05) is 17.8 Å². The van der Waals surface area contributed by atoms with Crippen molar-refractivity contribution in [2.45, 2.75) is 18.5 Å². The third-order valence-corrected chi connectivity index (χ3v) is 4.83. The number of rotatable bonds is 8. The lowest BCUT2D eigenvalue weighted by Gasteiger charge is -2.10. The summed E-state index contributed by atoms with van der Waals surface area (Å²) in [7, 11) is 1.64. The number of methoxy groups -OCH3 is 1. The maximum absolute atomic E-state index is 12.0. The number of ether oxygens (including phenoxy) is 1. The van der Waals surface area contributed by atoms with Crippen LogP contribution < -0.4 is 10.1 Å². The monoisotopic (exact) mass is 382 g/mol. The summed E-state index contributed by atoms with van der Waals surface area (Å²) in [6.07, 6.45) is 0.915. The Morgan fingerprint density at radius 2 is 1.85 bits per heavy atom. The molecule has 3 aromatic rings. The number of hydrogen-bond donors (Lipinski definition) is 1. The van der Waals surface area contributed by atoms with Crippen LogP contribution in [0, 0.1) is 0 Å². The summed E-state index contributed by atoms with van der Waals surface area (Å²) < 4.78 is 7.20. The third-order valence-electron chi connectivity index (χ3n) is 3.90.